The minimum absolute atomic E-state index is 0.00775. The highest BCUT2D eigenvalue weighted by Gasteiger charge is 2.49. The van der Waals surface area contributed by atoms with Crippen LogP contribution in [0.15, 0.2) is 0 Å². The van der Waals surface area contributed by atoms with Crippen LogP contribution in [0.4, 0.5) is 0 Å². The van der Waals surface area contributed by atoms with Crippen molar-refractivity contribution in [1.82, 2.24) is 0 Å². The van der Waals surface area contributed by atoms with Gasteiger partial charge in [0, 0.05) is 22.7 Å². The third kappa shape index (κ3) is 1.68. The van der Waals surface area contributed by atoms with Crippen LogP contribution >= 0.6 is 22.6 Å². The zero-order chi connectivity index (χ0) is 10.2. The Labute approximate surface area is 96.7 Å². The summed E-state index contributed by atoms with van der Waals surface area (Å²) in [5, 5.41) is 0. The van der Waals surface area contributed by atoms with E-state index in [9.17, 15) is 9.59 Å². The lowest BCUT2D eigenvalue weighted by atomic mass is 9.69. The summed E-state index contributed by atoms with van der Waals surface area (Å²) >= 11 is 2.25. The number of Topliss-reactive ketones (excluding diaryl/α,β-unsaturated/α-hetero) is 1. The molecule has 1 aliphatic heterocycles. The van der Waals surface area contributed by atoms with Crippen molar-refractivity contribution in [1.29, 1.82) is 0 Å². The first-order valence-electron chi connectivity index (χ1n) is 4.93. The van der Waals surface area contributed by atoms with Crippen molar-refractivity contribution in [2.24, 2.45) is 5.41 Å². The monoisotopic (exact) mass is 308 g/mol. The van der Waals surface area contributed by atoms with Gasteiger partial charge in [0.05, 0.1) is 6.42 Å². The number of esters is 1. The molecule has 0 aromatic rings. The van der Waals surface area contributed by atoms with Gasteiger partial charge in [-0.15, -0.1) is 0 Å². The van der Waals surface area contributed by atoms with Crippen molar-refractivity contribution >= 4 is 34.3 Å². The van der Waals surface area contributed by atoms with Gasteiger partial charge in [0.2, 0.25) is 0 Å². The fourth-order valence-corrected chi connectivity index (χ4v) is 3.56. The van der Waals surface area contributed by atoms with Crippen molar-refractivity contribution in [3.8, 4) is 0 Å². The summed E-state index contributed by atoms with van der Waals surface area (Å²) < 4.78 is 6.13. The van der Waals surface area contributed by atoms with Crippen molar-refractivity contribution in [3.05, 3.63) is 0 Å². The molecule has 0 aromatic carbocycles. The van der Waals surface area contributed by atoms with Crippen LogP contribution in [-0.4, -0.2) is 22.3 Å². The fraction of sp³-hybridized carbons (Fsp3) is 0.800. The molecule has 1 saturated carbocycles. The Morgan fingerprint density at radius 1 is 1.36 bits per heavy atom. The molecule has 2 rings (SSSR count). The number of carbonyl (C=O) groups is 2. The number of carbonyl (C=O) groups excluding carboxylic acids is 2. The Balaban J connectivity index is 2.14. The van der Waals surface area contributed by atoms with Crippen molar-refractivity contribution < 1.29 is 14.3 Å². The molecule has 0 amide bonds. The molecular weight excluding hydrogens is 295 g/mol. The summed E-state index contributed by atoms with van der Waals surface area (Å²) in [5.74, 6) is 0.253. The van der Waals surface area contributed by atoms with Crippen molar-refractivity contribution in [3.63, 3.8) is 0 Å². The van der Waals surface area contributed by atoms with Crippen LogP contribution in [-0.2, 0) is 14.3 Å². The number of hydrogen-bond donors (Lipinski definition) is 0. The Bertz CT molecular complexity index is 265. The van der Waals surface area contributed by atoms with E-state index in [0.29, 0.717) is 25.0 Å². The van der Waals surface area contributed by atoms with Gasteiger partial charge in [-0.05, 0) is 12.8 Å². The molecule has 1 saturated heterocycles. The van der Waals surface area contributed by atoms with E-state index >= 15 is 0 Å². The number of ketones is 1. The lowest BCUT2D eigenvalue weighted by Crippen LogP contribution is -2.36. The van der Waals surface area contributed by atoms with Gasteiger partial charge in [0.1, 0.15) is 11.9 Å². The van der Waals surface area contributed by atoms with Gasteiger partial charge in [-0.3, -0.25) is 9.59 Å². The molecule has 3 nitrogen and oxygen atoms in total. The summed E-state index contributed by atoms with van der Waals surface area (Å²) in [7, 11) is 0. The predicted molar refractivity (Wildman–Crippen MR) is 59.3 cm³/mol. The van der Waals surface area contributed by atoms with Crippen LogP contribution in [0.1, 0.15) is 32.1 Å². The SMILES string of the molecule is O=C1CCC2(CC1)CC(=O)OC2CI. The average Bonchev–Trinajstić information content (AvgIpc) is 2.48. The molecule has 0 radical (unpaired) electrons. The highest BCUT2D eigenvalue weighted by Crippen LogP contribution is 2.47. The van der Waals surface area contributed by atoms with Crippen LogP contribution in [0.25, 0.3) is 0 Å². The number of halogens is 1. The molecule has 0 bridgehead atoms. The summed E-state index contributed by atoms with van der Waals surface area (Å²) in [4.78, 5) is 22.4. The van der Waals surface area contributed by atoms with E-state index in [4.69, 9.17) is 4.74 Å². The van der Waals surface area contributed by atoms with Gasteiger partial charge in [-0.2, -0.15) is 0 Å². The molecule has 78 valence electrons. The molecule has 2 fully saturated rings. The maximum absolute atomic E-state index is 11.3. The standard InChI is InChI=1S/C10H13IO3/c11-6-8-10(5-9(13)14-8)3-1-7(12)2-4-10/h8H,1-6H2. The minimum atomic E-state index is -0.0824. The van der Waals surface area contributed by atoms with Crippen LogP contribution in [0, 0.1) is 5.41 Å². The largest absolute Gasteiger partial charge is 0.461 e. The Hall–Kier alpha value is -0.130. The fourth-order valence-electron chi connectivity index (χ4n) is 2.45. The molecule has 4 heteroatoms. The van der Waals surface area contributed by atoms with Gasteiger partial charge >= 0.3 is 5.97 Å². The highest BCUT2D eigenvalue weighted by atomic mass is 127. The van der Waals surface area contributed by atoms with E-state index in [2.05, 4.69) is 22.6 Å². The van der Waals surface area contributed by atoms with E-state index in [1.165, 1.54) is 0 Å². The third-order valence-corrected chi connectivity index (χ3v) is 4.20. The van der Waals surface area contributed by atoms with Crippen LogP contribution in [0.3, 0.4) is 0 Å². The molecule has 1 heterocycles. The second-order valence-corrected chi connectivity index (χ2v) is 5.09. The lowest BCUT2D eigenvalue weighted by molar-refractivity contribution is -0.140. The van der Waals surface area contributed by atoms with Gasteiger partial charge in [0.25, 0.3) is 0 Å². The van der Waals surface area contributed by atoms with E-state index in [1.54, 1.807) is 0 Å². The smallest absolute Gasteiger partial charge is 0.306 e. The molecule has 2 aliphatic rings. The zero-order valence-electron chi connectivity index (χ0n) is 7.92. The Morgan fingerprint density at radius 2 is 2.00 bits per heavy atom. The predicted octanol–water partition coefficient (Wildman–Crippen LogP) is 1.87. The quantitative estimate of drug-likeness (QED) is 0.422. The van der Waals surface area contributed by atoms with Crippen LogP contribution < -0.4 is 0 Å². The first kappa shape index (κ1) is 10.4. The molecule has 14 heavy (non-hydrogen) atoms. The third-order valence-electron chi connectivity index (χ3n) is 3.40. The first-order valence-corrected chi connectivity index (χ1v) is 6.46. The normalized spacial score (nSPS) is 30.8. The van der Waals surface area contributed by atoms with E-state index in [0.717, 1.165) is 17.3 Å². The molecule has 1 aliphatic carbocycles. The second-order valence-electron chi connectivity index (χ2n) is 4.21. The molecule has 1 unspecified atom stereocenters. The number of rotatable bonds is 1. The van der Waals surface area contributed by atoms with Crippen molar-refractivity contribution in [2.45, 2.75) is 38.2 Å². The summed E-state index contributed by atoms with van der Waals surface area (Å²) in [6, 6.07) is 0. The maximum Gasteiger partial charge on any atom is 0.306 e. The van der Waals surface area contributed by atoms with Crippen molar-refractivity contribution in [2.75, 3.05) is 4.43 Å². The van der Waals surface area contributed by atoms with E-state index in [-0.39, 0.29) is 17.5 Å². The second kappa shape index (κ2) is 3.79. The maximum atomic E-state index is 11.3. The van der Waals surface area contributed by atoms with Gasteiger partial charge < -0.3 is 4.74 Å². The van der Waals surface area contributed by atoms with Gasteiger partial charge in [0.15, 0.2) is 0 Å². The molecule has 0 N–H and O–H groups in total. The van der Waals surface area contributed by atoms with Gasteiger partial charge in [-0.25, -0.2) is 0 Å². The number of hydrogen-bond acceptors (Lipinski definition) is 3. The first-order chi connectivity index (χ1) is 6.66. The van der Waals surface area contributed by atoms with E-state index < -0.39 is 0 Å². The van der Waals surface area contributed by atoms with Crippen LogP contribution in [0.2, 0.25) is 0 Å². The van der Waals surface area contributed by atoms with Crippen LogP contribution in [0.5, 0.6) is 0 Å². The lowest BCUT2D eigenvalue weighted by Gasteiger charge is -2.34. The van der Waals surface area contributed by atoms with Gasteiger partial charge in [-0.1, -0.05) is 22.6 Å². The molecule has 1 atom stereocenters. The molecular formula is C10H13IO3. The number of cyclic esters (lactones) is 1. The molecule has 0 aromatic heterocycles. The van der Waals surface area contributed by atoms with E-state index in [1.807, 2.05) is 0 Å². The summed E-state index contributed by atoms with van der Waals surface area (Å²) in [5.41, 5.74) is -0.00775. The topological polar surface area (TPSA) is 43.4 Å². The summed E-state index contributed by atoms with van der Waals surface area (Å²) in [6.07, 6.45) is 3.50. The summed E-state index contributed by atoms with van der Waals surface area (Å²) in [6.45, 7) is 0. The molecule has 1 spiro atoms. The Morgan fingerprint density at radius 3 is 2.57 bits per heavy atom. The highest BCUT2D eigenvalue weighted by molar-refractivity contribution is 14.1. The number of alkyl halides is 1. The zero-order valence-corrected chi connectivity index (χ0v) is 10.1. The average molecular weight is 308 g/mol. The Kier molecular flexibility index (Phi) is 2.81. The minimum Gasteiger partial charge on any atom is -0.461 e. The number of ether oxygens (including phenoxy) is 1.